The van der Waals surface area contributed by atoms with Crippen LogP contribution < -0.4 is 10.1 Å². The Balaban J connectivity index is 1.60. The van der Waals surface area contributed by atoms with E-state index in [1.165, 1.54) is 12.1 Å². The van der Waals surface area contributed by atoms with Gasteiger partial charge in [0.2, 0.25) is 0 Å². The Morgan fingerprint density at radius 1 is 1.04 bits per heavy atom. The van der Waals surface area contributed by atoms with E-state index in [1.54, 1.807) is 0 Å². The molecule has 3 rings (SSSR count). The average Bonchev–Trinajstić information content (AvgIpc) is 2.62. The second-order valence-corrected chi connectivity index (χ2v) is 6.37. The topological polar surface area (TPSA) is 30.5 Å². The molecule has 1 heterocycles. The van der Waals surface area contributed by atoms with Crippen LogP contribution in [0, 0.1) is 5.82 Å². The van der Waals surface area contributed by atoms with Gasteiger partial charge in [0, 0.05) is 30.3 Å². The zero-order chi connectivity index (χ0) is 16.8. The van der Waals surface area contributed by atoms with Crippen molar-refractivity contribution in [1.29, 1.82) is 0 Å². The molecule has 1 aliphatic rings. The molecular formula is C19H21ClFNO2. The van der Waals surface area contributed by atoms with Gasteiger partial charge in [-0.15, -0.1) is 0 Å². The summed E-state index contributed by atoms with van der Waals surface area (Å²) in [5.74, 6) is 0.580. The molecule has 3 nitrogen and oxygen atoms in total. The molecule has 0 amide bonds. The highest BCUT2D eigenvalue weighted by atomic mass is 35.5. The highest BCUT2D eigenvalue weighted by Gasteiger charge is 2.33. The molecule has 1 fully saturated rings. The molecule has 0 radical (unpaired) electrons. The number of hydrogen-bond acceptors (Lipinski definition) is 3. The van der Waals surface area contributed by atoms with Crippen LogP contribution in [0.3, 0.4) is 0 Å². The van der Waals surface area contributed by atoms with Crippen molar-refractivity contribution in [1.82, 2.24) is 5.32 Å². The van der Waals surface area contributed by atoms with Crippen molar-refractivity contribution in [3.05, 3.63) is 64.9 Å². The first-order valence-electron chi connectivity index (χ1n) is 8.15. The highest BCUT2D eigenvalue weighted by molar-refractivity contribution is 6.30. The molecular weight excluding hydrogens is 329 g/mol. The number of hydrogen-bond donors (Lipinski definition) is 1. The van der Waals surface area contributed by atoms with Gasteiger partial charge in [0.15, 0.2) is 0 Å². The minimum Gasteiger partial charge on any atom is -0.492 e. The second kappa shape index (κ2) is 7.97. The fourth-order valence-electron chi connectivity index (χ4n) is 3.05. The molecule has 0 bridgehead atoms. The number of nitrogens with one attached hydrogen (secondary N) is 1. The Kier molecular flexibility index (Phi) is 5.72. The van der Waals surface area contributed by atoms with E-state index in [-0.39, 0.29) is 11.4 Å². The first-order chi connectivity index (χ1) is 11.7. The number of ether oxygens (including phenoxy) is 2. The zero-order valence-electron chi connectivity index (χ0n) is 13.4. The summed E-state index contributed by atoms with van der Waals surface area (Å²) in [6.45, 7) is 2.64. The molecule has 5 heteroatoms. The van der Waals surface area contributed by atoms with E-state index in [1.807, 2.05) is 36.4 Å². The first kappa shape index (κ1) is 17.2. The monoisotopic (exact) mass is 349 g/mol. The first-order valence-corrected chi connectivity index (χ1v) is 8.53. The van der Waals surface area contributed by atoms with Crippen LogP contribution in [-0.4, -0.2) is 26.4 Å². The summed E-state index contributed by atoms with van der Waals surface area (Å²) in [7, 11) is 0. The van der Waals surface area contributed by atoms with Crippen molar-refractivity contribution < 1.29 is 13.9 Å². The lowest BCUT2D eigenvalue weighted by Crippen LogP contribution is -2.48. The summed E-state index contributed by atoms with van der Waals surface area (Å²) in [5.41, 5.74) is 0.911. The molecule has 24 heavy (non-hydrogen) atoms. The predicted octanol–water partition coefficient (Wildman–Crippen LogP) is 4.15. The summed E-state index contributed by atoms with van der Waals surface area (Å²) in [4.78, 5) is 0. The third-order valence-electron chi connectivity index (χ3n) is 4.39. The van der Waals surface area contributed by atoms with Gasteiger partial charge in [0.25, 0.3) is 0 Å². The molecule has 0 unspecified atom stereocenters. The minimum absolute atomic E-state index is 0.185. The minimum atomic E-state index is -0.216. The molecule has 0 aliphatic carbocycles. The van der Waals surface area contributed by atoms with Gasteiger partial charge in [-0.3, -0.25) is 0 Å². The highest BCUT2D eigenvalue weighted by Crippen LogP contribution is 2.32. The van der Waals surface area contributed by atoms with Crippen molar-refractivity contribution >= 4 is 11.6 Å². The van der Waals surface area contributed by atoms with E-state index < -0.39 is 0 Å². The van der Waals surface area contributed by atoms with Crippen LogP contribution in [-0.2, 0) is 10.3 Å². The van der Waals surface area contributed by atoms with Crippen LogP contribution >= 0.6 is 11.6 Å². The lowest BCUT2D eigenvalue weighted by atomic mass is 9.82. The maximum atomic E-state index is 13.2. The Morgan fingerprint density at radius 2 is 1.71 bits per heavy atom. The Bertz CT molecular complexity index is 639. The standard InChI is InChI=1S/C19H21ClFNO2/c20-16-3-7-18(8-4-16)24-14-11-22-19(9-12-23-13-10-19)15-1-5-17(21)6-2-15/h1-8,22H,9-14H2. The van der Waals surface area contributed by atoms with E-state index in [4.69, 9.17) is 21.1 Å². The van der Waals surface area contributed by atoms with Crippen molar-refractivity contribution in [3.63, 3.8) is 0 Å². The Hall–Kier alpha value is -1.62. The molecule has 1 saturated heterocycles. The van der Waals surface area contributed by atoms with E-state index >= 15 is 0 Å². The summed E-state index contributed by atoms with van der Waals surface area (Å²) >= 11 is 5.87. The Morgan fingerprint density at radius 3 is 2.38 bits per heavy atom. The molecule has 1 N–H and O–H groups in total. The quantitative estimate of drug-likeness (QED) is 0.794. The van der Waals surface area contributed by atoms with E-state index in [0.29, 0.717) is 31.4 Å². The lowest BCUT2D eigenvalue weighted by molar-refractivity contribution is 0.0352. The smallest absolute Gasteiger partial charge is 0.123 e. The molecule has 2 aromatic rings. The normalized spacial score (nSPS) is 16.8. The van der Waals surface area contributed by atoms with Crippen molar-refractivity contribution in [2.24, 2.45) is 0 Å². The zero-order valence-corrected chi connectivity index (χ0v) is 14.2. The van der Waals surface area contributed by atoms with Crippen molar-refractivity contribution in [3.8, 4) is 5.75 Å². The summed E-state index contributed by atoms with van der Waals surface area (Å²) in [5, 5.41) is 4.29. The van der Waals surface area contributed by atoms with Gasteiger partial charge in [-0.05, 0) is 54.8 Å². The maximum absolute atomic E-state index is 13.2. The molecule has 2 aromatic carbocycles. The van der Waals surface area contributed by atoms with E-state index in [2.05, 4.69) is 5.32 Å². The van der Waals surface area contributed by atoms with Gasteiger partial charge < -0.3 is 14.8 Å². The van der Waals surface area contributed by atoms with Gasteiger partial charge in [-0.25, -0.2) is 4.39 Å². The van der Waals surface area contributed by atoms with Crippen LogP contribution in [0.4, 0.5) is 4.39 Å². The van der Waals surface area contributed by atoms with Crippen LogP contribution in [0.2, 0.25) is 5.02 Å². The largest absolute Gasteiger partial charge is 0.492 e. The summed E-state index contributed by atoms with van der Waals surface area (Å²) in [6.07, 6.45) is 1.72. The van der Waals surface area contributed by atoms with Gasteiger partial charge in [0.1, 0.15) is 18.2 Å². The number of rotatable bonds is 6. The predicted molar refractivity (Wildman–Crippen MR) is 93.1 cm³/mol. The molecule has 128 valence electrons. The lowest BCUT2D eigenvalue weighted by Gasteiger charge is -2.39. The number of halogens is 2. The second-order valence-electron chi connectivity index (χ2n) is 5.93. The van der Waals surface area contributed by atoms with Crippen LogP contribution in [0.15, 0.2) is 48.5 Å². The number of benzene rings is 2. The third kappa shape index (κ3) is 4.26. The van der Waals surface area contributed by atoms with Crippen molar-refractivity contribution in [2.75, 3.05) is 26.4 Å². The summed E-state index contributed by atoms with van der Waals surface area (Å²) < 4.78 is 24.5. The average molecular weight is 350 g/mol. The SMILES string of the molecule is Fc1ccc(C2(NCCOc3ccc(Cl)cc3)CCOCC2)cc1. The fraction of sp³-hybridized carbons (Fsp3) is 0.368. The van der Waals surface area contributed by atoms with Crippen LogP contribution in [0.5, 0.6) is 5.75 Å². The van der Waals surface area contributed by atoms with Crippen LogP contribution in [0.1, 0.15) is 18.4 Å². The van der Waals surface area contributed by atoms with Crippen LogP contribution in [0.25, 0.3) is 0 Å². The third-order valence-corrected chi connectivity index (χ3v) is 4.64. The molecule has 0 spiro atoms. The fourth-order valence-corrected chi connectivity index (χ4v) is 3.17. The van der Waals surface area contributed by atoms with E-state index in [0.717, 1.165) is 24.2 Å². The van der Waals surface area contributed by atoms with Gasteiger partial charge in [-0.2, -0.15) is 0 Å². The van der Waals surface area contributed by atoms with E-state index in [9.17, 15) is 4.39 Å². The molecule has 0 saturated carbocycles. The van der Waals surface area contributed by atoms with Crippen molar-refractivity contribution in [2.45, 2.75) is 18.4 Å². The Labute approximate surface area is 146 Å². The summed E-state index contributed by atoms with van der Waals surface area (Å²) in [6, 6.07) is 14.1. The van der Waals surface area contributed by atoms with Gasteiger partial charge in [0.05, 0.1) is 0 Å². The van der Waals surface area contributed by atoms with Gasteiger partial charge in [-0.1, -0.05) is 23.7 Å². The molecule has 0 aromatic heterocycles. The van der Waals surface area contributed by atoms with Gasteiger partial charge >= 0.3 is 0 Å². The molecule has 0 atom stereocenters. The maximum Gasteiger partial charge on any atom is 0.123 e. The molecule has 1 aliphatic heterocycles.